The maximum atomic E-state index is 12.6. The number of hydrogen-bond acceptors (Lipinski definition) is 4. The maximum Gasteiger partial charge on any atom is 0.261 e. The smallest absolute Gasteiger partial charge is 0.261 e. The van der Waals surface area contributed by atoms with E-state index in [4.69, 9.17) is 11.6 Å². The first kappa shape index (κ1) is 22.2. The molecule has 1 amide bonds. The van der Waals surface area contributed by atoms with Gasteiger partial charge in [-0.15, -0.1) is 0 Å². The average Bonchev–Trinajstić information content (AvgIpc) is 2.58. The average molecular weight is 424 g/mol. The number of sulfonamides is 1. The Morgan fingerprint density at radius 1 is 1.11 bits per heavy atom. The molecule has 0 saturated heterocycles. The molecule has 2 rings (SSSR count). The van der Waals surface area contributed by atoms with E-state index >= 15 is 0 Å². The topological polar surface area (TPSA) is 78.5 Å². The lowest BCUT2D eigenvalue weighted by Gasteiger charge is -2.28. The fourth-order valence-corrected chi connectivity index (χ4v) is 4.19. The van der Waals surface area contributed by atoms with Crippen LogP contribution in [0.15, 0.2) is 53.4 Å². The van der Waals surface area contributed by atoms with Gasteiger partial charge in [-0.2, -0.15) is 0 Å². The second kappa shape index (κ2) is 8.94. The molecule has 0 aromatic heterocycles. The van der Waals surface area contributed by atoms with Crippen LogP contribution in [0.2, 0.25) is 5.02 Å². The van der Waals surface area contributed by atoms with Crippen molar-refractivity contribution in [1.82, 2.24) is 10.2 Å². The highest BCUT2D eigenvalue weighted by atomic mass is 35.5. The largest absolute Gasteiger partial charge is 0.351 e. The number of amides is 1. The molecule has 152 valence electrons. The quantitative estimate of drug-likeness (QED) is 0.681. The highest BCUT2D eigenvalue weighted by Crippen LogP contribution is 2.20. The molecule has 8 heteroatoms. The van der Waals surface area contributed by atoms with Crippen molar-refractivity contribution in [2.75, 3.05) is 31.9 Å². The van der Waals surface area contributed by atoms with Gasteiger partial charge in [-0.25, -0.2) is 8.42 Å². The molecule has 0 radical (unpaired) electrons. The van der Waals surface area contributed by atoms with Gasteiger partial charge in [-0.05, 0) is 55.9 Å². The van der Waals surface area contributed by atoms with E-state index in [9.17, 15) is 13.2 Å². The van der Waals surface area contributed by atoms with Gasteiger partial charge in [-0.1, -0.05) is 37.6 Å². The molecule has 0 unspecified atom stereocenters. The third kappa shape index (κ3) is 6.51. The summed E-state index contributed by atoms with van der Waals surface area (Å²) >= 11 is 5.90. The first-order valence-electron chi connectivity index (χ1n) is 8.80. The van der Waals surface area contributed by atoms with E-state index in [2.05, 4.69) is 28.8 Å². The van der Waals surface area contributed by atoms with E-state index in [0.717, 1.165) is 6.54 Å². The van der Waals surface area contributed by atoms with Gasteiger partial charge < -0.3 is 10.2 Å². The molecule has 2 N–H and O–H groups in total. The first-order valence-corrected chi connectivity index (χ1v) is 10.7. The zero-order chi connectivity index (χ0) is 20.9. The Bertz CT molecular complexity index is 943. The van der Waals surface area contributed by atoms with Crippen molar-refractivity contribution in [3.8, 4) is 0 Å². The van der Waals surface area contributed by atoms with E-state index in [1.807, 2.05) is 14.1 Å². The van der Waals surface area contributed by atoms with Crippen molar-refractivity contribution >= 4 is 33.2 Å². The lowest BCUT2D eigenvalue weighted by molar-refractivity contribution is 0.0929. The minimum Gasteiger partial charge on any atom is -0.351 e. The Balaban J connectivity index is 2.13. The zero-order valence-corrected chi connectivity index (χ0v) is 18.1. The molecule has 0 atom stereocenters. The van der Waals surface area contributed by atoms with Crippen LogP contribution < -0.4 is 10.0 Å². The van der Waals surface area contributed by atoms with Gasteiger partial charge in [0.15, 0.2) is 0 Å². The number of nitrogens with zero attached hydrogens (tertiary/aromatic N) is 1. The predicted molar refractivity (Wildman–Crippen MR) is 113 cm³/mol. The van der Waals surface area contributed by atoms with Crippen LogP contribution in [0.5, 0.6) is 0 Å². The maximum absolute atomic E-state index is 12.6. The lowest BCUT2D eigenvalue weighted by atomic mass is 9.93. The van der Waals surface area contributed by atoms with Gasteiger partial charge in [0, 0.05) is 23.7 Å². The first-order chi connectivity index (χ1) is 13.0. The summed E-state index contributed by atoms with van der Waals surface area (Å²) in [7, 11) is 0.113. The minimum atomic E-state index is -3.84. The number of carbonyl (C=O) groups excluding carboxylic acids is 1. The van der Waals surface area contributed by atoms with Crippen LogP contribution >= 0.6 is 11.6 Å². The Morgan fingerprint density at radius 2 is 1.79 bits per heavy atom. The summed E-state index contributed by atoms with van der Waals surface area (Å²) in [5.74, 6) is -0.313. The van der Waals surface area contributed by atoms with Crippen LogP contribution in [0, 0.1) is 5.41 Å². The zero-order valence-electron chi connectivity index (χ0n) is 16.5. The summed E-state index contributed by atoms with van der Waals surface area (Å²) in [4.78, 5) is 14.6. The van der Waals surface area contributed by atoms with Gasteiger partial charge in [0.2, 0.25) is 0 Å². The second-order valence-electron chi connectivity index (χ2n) is 7.73. The highest BCUT2D eigenvalue weighted by Gasteiger charge is 2.21. The number of anilines is 1. The van der Waals surface area contributed by atoms with Crippen LogP contribution in [0.25, 0.3) is 0 Å². The SMILES string of the molecule is CN(C)CC(C)(C)CNC(=O)c1cccc(S(=O)(=O)Nc2cccc(Cl)c2)c1. The monoisotopic (exact) mass is 423 g/mol. The molecule has 2 aromatic carbocycles. The molecule has 0 aliphatic rings. The molecule has 0 spiro atoms. The normalized spacial score (nSPS) is 12.1. The summed E-state index contributed by atoms with van der Waals surface area (Å²) in [6.45, 7) is 5.40. The van der Waals surface area contributed by atoms with Gasteiger partial charge in [0.25, 0.3) is 15.9 Å². The number of hydrogen-bond donors (Lipinski definition) is 2. The van der Waals surface area contributed by atoms with Crippen molar-refractivity contribution in [3.05, 3.63) is 59.1 Å². The molecule has 0 bridgehead atoms. The van der Waals surface area contributed by atoms with Gasteiger partial charge in [-0.3, -0.25) is 9.52 Å². The number of nitrogens with one attached hydrogen (secondary N) is 2. The van der Waals surface area contributed by atoms with Gasteiger partial charge in [0.1, 0.15) is 0 Å². The van der Waals surface area contributed by atoms with Crippen LogP contribution in [0.3, 0.4) is 0 Å². The number of benzene rings is 2. The Hall–Kier alpha value is -2.09. The van der Waals surface area contributed by atoms with Crippen molar-refractivity contribution in [2.45, 2.75) is 18.7 Å². The molecule has 0 aliphatic heterocycles. The lowest BCUT2D eigenvalue weighted by Crippen LogP contribution is -2.40. The van der Waals surface area contributed by atoms with E-state index in [-0.39, 0.29) is 21.8 Å². The summed E-state index contributed by atoms with van der Waals surface area (Å²) in [6.07, 6.45) is 0. The van der Waals surface area contributed by atoms with E-state index in [1.165, 1.54) is 18.2 Å². The van der Waals surface area contributed by atoms with E-state index in [0.29, 0.717) is 17.3 Å². The Morgan fingerprint density at radius 3 is 2.43 bits per heavy atom. The molecule has 6 nitrogen and oxygen atoms in total. The number of halogens is 1. The summed E-state index contributed by atoms with van der Waals surface area (Å²) in [5, 5.41) is 3.31. The summed E-state index contributed by atoms with van der Waals surface area (Å²) in [6, 6.07) is 12.4. The van der Waals surface area contributed by atoms with E-state index < -0.39 is 10.0 Å². The Kier molecular flexibility index (Phi) is 7.09. The standard InChI is InChI=1S/C20H26ClN3O3S/c1-20(2,14-24(3)4)13-22-19(25)15-7-5-10-18(11-15)28(26,27)23-17-9-6-8-16(21)12-17/h5-12,23H,13-14H2,1-4H3,(H,22,25). The molecule has 0 heterocycles. The third-order valence-corrected chi connectivity index (χ3v) is 5.57. The van der Waals surface area contributed by atoms with Gasteiger partial charge >= 0.3 is 0 Å². The molecular weight excluding hydrogens is 398 g/mol. The summed E-state index contributed by atoms with van der Waals surface area (Å²) in [5.41, 5.74) is 0.527. The van der Waals surface area contributed by atoms with Crippen LogP contribution in [0.4, 0.5) is 5.69 Å². The molecule has 28 heavy (non-hydrogen) atoms. The summed E-state index contributed by atoms with van der Waals surface area (Å²) < 4.78 is 27.7. The van der Waals surface area contributed by atoms with E-state index in [1.54, 1.807) is 30.3 Å². The molecular formula is C20H26ClN3O3S. The number of rotatable bonds is 8. The molecule has 0 aliphatic carbocycles. The fraction of sp³-hybridized carbons (Fsp3) is 0.350. The van der Waals surface area contributed by atoms with Crippen molar-refractivity contribution in [2.24, 2.45) is 5.41 Å². The van der Waals surface area contributed by atoms with Gasteiger partial charge in [0.05, 0.1) is 10.6 Å². The Labute approximate surface area is 171 Å². The highest BCUT2D eigenvalue weighted by molar-refractivity contribution is 7.92. The molecule has 0 saturated carbocycles. The predicted octanol–water partition coefficient (Wildman–Crippen LogP) is 3.46. The molecule has 0 fully saturated rings. The van der Waals surface area contributed by atoms with Crippen LogP contribution in [-0.2, 0) is 10.0 Å². The second-order valence-corrected chi connectivity index (χ2v) is 9.85. The molecule has 2 aromatic rings. The minimum absolute atomic E-state index is 0.00711. The fourth-order valence-electron chi connectivity index (χ4n) is 2.90. The van der Waals surface area contributed by atoms with Crippen LogP contribution in [-0.4, -0.2) is 46.4 Å². The third-order valence-electron chi connectivity index (χ3n) is 3.96. The van der Waals surface area contributed by atoms with Crippen molar-refractivity contribution in [3.63, 3.8) is 0 Å². The van der Waals surface area contributed by atoms with Crippen LogP contribution in [0.1, 0.15) is 24.2 Å². The van der Waals surface area contributed by atoms with Crippen molar-refractivity contribution in [1.29, 1.82) is 0 Å². The number of carbonyl (C=O) groups is 1. The van der Waals surface area contributed by atoms with Crippen molar-refractivity contribution < 1.29 is 13.2 Å².